The van der Waals surface area contributed by atoms with Gasteiger partial charge in [0.2, 0.25) is 0 Å². The van der Waals surface area contributed by atoms with Crippen molar-refractivity contribution in [1.82, 2.24) is 0 Å². The number of halogens is 1. The van der Waals surface area contributed by atoms with E-state index in [1.165, 1.54) is 12.5 Å². The monoisotopic (exact) mass is 298 g/mol. The van der Waals surface area contributed by atoms with E-state index in [0.29, 0.717) is 0 Å². The van der Waals surface area contributed by atoms with E-state index in [9.17, 15) is 10.1 Å². The van der Waals surface area contributed by atoms with Crippen LogP contribution < -0.4 is 5.32 Å². The normalized spacial score (nSPS) is 22.6. The second kappa shape index (κ2) is 6.41. The van der Waals surface area contributed by atoms with E-state index < -0.39 is 4.92 Å². The van der Waals surface area contributed by atoms with Gasteiger partial charge in [0.1, 0.15) is 5.02 Å². The van der Waals surface area contributed by atoms with E-state index in [2.05, 4.69) is 5.32 Å². The Kier molecular flexibility index (Phi) is 4.83. The highest BCUT2D eigenvalue weighted by Crippen LogP contribution is 2.32. The molecule has 0 aliphatic heterocycles. The van der Waals surface area contributed by atoms with Gasteiger partial charge in [0.05, 0.1) is 17.1 Å². The SMILES string of the molecule is COC1CCCCC1Nc1cc(Cl)c([N+](=O)[O-])cc1C. The largest absolute Gasteiger partial charge is 0.379 e. The Morgan fingerprint density at radius 2 is 2.10 bits per heavy atom. The van der Waals surface area contributed by atoms with Crippen molar-refractivity contribution in [2.24, 2.45) is 0 Å². The Bertz CT molecular complexity index is 507. The standard InChI is InChI=1S/C14H19ClN2O3/c1-9-7-13(17(18)19)10(15)8-12(9)16-11-5-3-4-6-14(11)20-2/h7-8,11,14,16H,3-6H2,1-2H3. The molecule has 0 spiro atoms. The van der Waals surface area contributed by atoms with Crippen molar-refractivity contribution >= 4 is 23.0 Å². The van der Waals surface area contributed by atoms with Gasteiger partial charge in [-0.2, -0.15) is 0 Å². The molecule has 5 nitrogen and oxygen atoms in total. The summed E-state index contributed by atoms with van der Waals surface area (Å²) in [5.74, 6) is 0. The van der Waals surface area contributed by atoms with E-state index >= 15 is 0 Å². The number of benzene rings is 1. The number of ether oxygens (including phenoxy) is 1. The number of rotatable bonds is 4. The number of anilines is 1. The Morgan fingerprint density at radius 1 is 1.40 bits per heavy atom. The van der Waals surface area contributed by atoms with Crippen LogP contribution in [0.25, 0.3) is 0 Å². The van der Waals surface area contributed by atoms with E-state index in [1.54, 1.807) is 13.2 Å². The molecule has 110 valence electrons. The Balaban J connectivity index is 2.20. The van der Waals surface area contributed by atoms with E-state index in [0.717, 1.165) is 30.5 Å². The first kappa shape index (κ1) is 15.1. The van der Waals surface area contributed by atoms with E-state index in [4.69, 9.17) is 16.3 Å². The minimum Gasteiger partial charge on any atom is -0.379 e. The first-order valence-electron chi connectivity index (χ1n) is 6.76. The Morgan fingerprint density at radius 3 is 2.75 bits per heavy atom. The molecule has 1 aromatic carbocycles. The second-order valence-corrected chi connectivity index (χ2v) is 5.59. The van der Waals surface area contributed by atoms with Crippen molar-refractivity contribution in [2.75, 3.05) is 12.4 Å². The second-order valence-electron chi connectivity index (χ2n) is 5.19. The lowest BCUT2D eigenvalue weighted by Crippen LogP contribution is -2.37. The van der Waals surface area contributed by atoms with Crippen LogP contribution in [0.15, 0.2) is 12.1 Å². The number of hydrogen-bond acceptors (Lipinski definition) is 4. The zero-order chi connectivity index (χ0) is 14.7. The van der Waals surface area contributed by atoms with Crippen LogP contribution in [0, 0.1) is 17.0 Å². The summed E-state index contributed by atoms with van der Waals surface area (Å²) < 4.78 is 5.50. The lowest BCUT2D eigenvalue weighted by Gasteiger charge is -2.32. The molecule has 0 bridgehead atoms. The molecule has 1 aliphatic rings. The quantitative estimate of drug-likeness (QED) is 0.676. The predicted octanol–water partition coefficient (Wildman–Crippen LogP) is 3.93. The summed E-state index contributed by atoms with van der Waals surface area (Å²) >= 11 is 5.97. The van der Waals surface area contributed by atoms with Crippen LogP contribution in [0.2, 0.25) is 5.02 Å². The summed E-state index contributed by atoms with van der Waals surface area (Å²) in [6.07, 6.45) is 4.59. The fourth-order valence-corrected chi connectivity index (χ4v) is 2.94. The zero-order valence-corrected chi connectivity index (χ0v) is 12.4. The Hall–Kier alpha value is -1.33. The topological polar surface area (TPSA) is 64.4 Å². The maximum absolute atomic E-state index is 10.9. The van der Waals surface area contributed by atoms with Crippen LogP contribution in [0.1, 0.15) is 31.2 Å². The summed E-state index contributed by atoms with van der Waals surface area (Å²) in [6, 6.07) is 3.37. The molecule has 1 N–H and O–H groups in total. The number of nitro groups is 1. The number of hydrogen-bond donors (Lipinski definition) is 1. The van der Waals surface area contributed by atoms with Gasteiger partial charge in [-0.05, 0) is 31.4 Å². The smallest absolute Gasteiger partial charge is 0.288 e. The number of aryl methyl sites for hydroxylation is 1. The molecule has 1 aromatic rings. The molecule has 1 saturated carbocycles. The molecule has 0 saturated heterocycles. The average Bonchev–Trinajstić information content (AvgIpc) is 2.42. The highest BCUT2D eigenvalue weighted by atomic mass is 35.5. The fraction of sp³-hybridized carbons (Fsp3) is 0.571. The molecule has 1 fully saturated rings. The van der Waals surface area contributed by atoms with Crippen molar-refractivity contribution in [3.63, 3.8) is 0 Å². The molecular weight excluding hydrogens is 280 g/mol. The molecule has 20 heavy (non-hydrogen) atoms. The van der Waals surface area contributed by atoms with E-state index in [1.807, 2.05) is 6.92 Å². The van der Waals surface area contributed by atoms with Gasteiger partial charge >= 0.3 is 0 Å². The highest BCUT2D eigenvalue weighted by Gasteiger charge is 2.26. The average molecular weight is 299 g/mol. The Labute approximate surface area is 123 Å². The maximum atomic E-state index is 10.9. The van der Waals surface area contributed by atoms with Crippen molar-refractivity contribution in [3.8, 4) is 0 Å². The molecule has 0 aromatic heterocycles. The van der Waals surface area contributed by atoms with Gasteiger partial charge in [0.15, 0.2) is 0 Å². The molecule has 6 heteroatoms. The third-order valence-electron chi connectivity index (χ3n) is 3.84. The molecule has 0 heterocycles. The molecule has 2 atom stereocenters. The first-order valence-corrected chi connectivity index (χ1v) is 7.14. The lowest BCUT2D eigenvalue weighted by atomic mass is 9.92. The summed E-state index contributed by atoms with van der Waals surface area (Å²) in [7, 11) is 1.72. The molecule has 0 radical (unpaired) electrons. The number of methoxy groups -OCH3 is 1. The maximum Gasteiger partial charge on any atom is 0.288 e. The fourth-order valence-electron chi connectivity index (χ4n) is 2.71. The molecule has 2 rings (SSSR count). The molecule has 1 aliphatic carbocycles. The summed E-state index contributed by atoms with van der Waals surface area (Å²) in [5.41, 5.74) is 1.61. The van der Waals surface area contributed by atoms with Crippen LogP contribution >= 0.6 is 11.6 Å². The number of nitro benzene ring substituents is 1. The van der Waals surface area contributed by atoms with Crippen LogP contribution in [0.5, 0.6) is 0 Å². The predicted molar refractivity (Wildman–Crippen MR) is 79.5 cm³/mol. The van der Waals surface area contributed by atoms with Gasteiger partial charge in [-0.25, -0.2) is 0 Å². The van der Waals surface area contributed by atoms with Crippen molar-refractivity contribution in [1.29, 1.82) is 0 Å². The van der Waals surface area contributed by atoms with Gasteiger partial charge in [0, 0.05) is 18.9 Å². The van der Waals surface area contributed by atoms with Crippen LogP contribution in [-0.2, 0) is 4.74 Å². The third-order valence-corrected chi connectivity index (χ3v) is 4.14. The summed E-state index contributed by atoms with van der Waals surface area (Å²) in [6.45, 7) is 1.84. The van der Waals surface area contributed by atoms with Gasteiger partial charge in [-0.1, -0.05) is 24.4 Å². The highest BCUT2D eigenvalue weighted by molar-refractivity contribution is 6.33. The van der Waals surface area contributed by atoms with Crippen LogP contribution in [-0.4, -0.2) is 24.2 Å². The molecule has 0 amide bonds. The number of nitrogens with zero attached hydrogens (tertiary/aromatic N) is 1. The third kappa shape index (κ3) is 3.22. The van der Waals surface area contributed by atoms with Gasteiger partial charge < -0.3 is 10.1 Å². The van der Waals surface area contributed by atoms with Crippen molar-refractivity contribution < 1.29 is 9.66 Å². The zero-order valence-electron chi connectivity index (χ0n) is 11.7. The van der Waals surface area contributed by atoms with Crippen LogP contribution in [0.3, 0.4) is 0 Å². The summed E-state index contributed by atoms with van der Waals surface area (Å²) in [5, 5.41) is 14.4. The van der Waals surface area contributed by atoms with Crippen LogP contribution in [0.4, 0.5) is 11.4 Å². The van der Waals surface area contributed by atoms with Crippen molar-refractivity contribution in [2.45, 2.75) is 44.8 Å². The minimum absolute atomic E-state index is 0.0540. The van der Waals surface area contributed by atoms with Gasteiger partial charge in [-0.3, -0.25) is 10.1 Å². The van der Waals surface area contributed by atoms with E-state index in [-0.39, 0.29) is 22.9 Å². The minimum atomic E-state index is -0.461. The molecule has 2 unspecified atom stereocenters. The number of nitrogens with one attached hydrogen (secondary N) is 1. The summed E-state index contributed by atoms with van der Waals surface area (Å²) in [4.78, 5) is 10.4. The van der Waals surface area contributed by atoms with Crippen molar-refractivity contribution in [3.05, 3.63) is 32.8 Å². The molecular formula is C14H19ClN2O3. The van der Waals surface area contributed by atoms with Gasteiger partial charge in [0.25, 0.3) is 5.69 Å². The lowest BCUT2D eigenvalue weighted by molar-refractivity contribution is -0.384. The first-order chi connectivity index (χ1) is 9.52. The van der Waals surface area contributed by atoms with Gasteiger partial charge in [-0.15, -0.1) is 0 Å².